The highest BCUT2D eigenvalue weighted by molar-refractivity contribution is 6.20. The molecular formula is C28H51ClN8O. The Bertz CT molecular complexity index is 824. The van der Waals surface area contributed by atoms with Crippen LogP contribution >= 0.6 is 11.6 Å². The minimum absolute atomic E-state index is 0.0432. The lowest BCUT2D eigenvalue weighted by Gasteiger charge is -2.47. The molecule has 0 radical (unpaired) electrons. The fourth-order valence-corrected chi connectivity index (χ4v) is 7.89. The topological polar surface area (TPSA) is 115 Å². The molecule has 0 spiro atoms. The maximum absolute atomic E-state index is 13.9. The van der Waals surface area contributed by atoms with Crippen LogP contribution in [-0.2, 0) is 4.79 Å². The van der Waals surface area contributed by atoms with Crippen molar-refractivity contribution in [3.05, 3.63) is 11.3 Å². The number of amides is 1. The quantitative estimate of drug-likeness (QED) is 0.239. The number of piperazine rings is 1. The van der Waals surface area contributed by atoms with E-state index in [0.717, 1.165) is 70.4 Å². The van der Waals surface area contributed by atoms with Crippen LogP contribution in [0, 0.1) is 11.8 Å². The number of halogens is 1. The third-order valence-electron chi connectivity index (χ3n) is 9.95. The zero-order valence-corrected chi connectivity index (χ0v) is 24.1. The summed E-state index contributed by atoms with van der Waals surface area (Å²) in [4.78, 5) is 21.7. The van der Waals surface area contributed by atoms with Crippen LogP contribution < -0.4 is 27.4 Å². The van der Waals surface area contributed by atoms with Gasteiger partial charge in [0, 0.05) is 70.1 Å². The molecule has 1 saturated carbocycles. The van der Waals surface area contributed by atoms with Gasteiger partial charge in [-0.1, -0.05) is 0 Å². The van der Waals surface area contributed by atoms with Crippen LogP contribution in [0.1, 0.15) is 51.4 Å². The van der Waals surface area contributed by atoms with Crippen LogP contribution in [0.3, 0.4) is 0 Å². The minimum Gasteiger partial charge on any atom is -0.386 e. The van der Waals surface area contributed by atoms with Crippen molar-refractivity contribution in [3.63, 3.8) is 0 Å². The number of nitrogens with zero attached hydrogens (tertiary/aromatic N) is 3. The van der Waals surface area contributed by atoms with Gasteiger partial charge >= 0.3 is 0 Å². The molecule has 5 unspecified atom stereocenters. The predicted molar refractivity (Wildman–Crippen MR) is 154 cm³/mol. The Balaban J connectivity index is 1.24. The Kier molecular flexibility index (Phi) is 9.89. The van der Waals surface area contributed by atoms with Crippen molar-refractivity contribution in [1.29, 1.82) is 0 Å². The van der Waals surface area contributed by atoms with Crippen molar-refractivity contribution in [1.82, 2.24) is 30.7 Å². The molecular weight excluding hydrogens is 500 g/mol. The number of allylic oxidation sites excluding steroid dienone is 1. The number of nitrogens with one attached hydrogen (secondary N) is 3. The van der Waals surface area contributed by atoms with E-state index in [1.807, 2.05) is 0 Å². The summed E-state index contributed by atoms with van der Waals surface area (Å²) in [5.74, 6) is -0.129. The third kappa shape index (κ3) is 6.67. The van der Waals surface area contributed by atoms with E-state index in [9.17, 15) is 4.79 Å². The fourth-order valence-electron chi connectivity index (χ4n) is 7.69. The molecule has 0 aromatic rings. The lowest BCUT2D eigenvalue weighted by molar-refractivity contribution is -0.126. The maximum atomic E-state index is 13.9. The zero-order chi connectivity index (χ0) is 26.6. The number of rotatable bonds is 6. The zero-order valence-electron chi connectivity index (χ0n) is 23.3. The van der Waals surface area contributed by atoms with Gasteiger partial charge in [0.1, 0.15) is 5.92 Å². The molecule has 1 aliphatic carbocycles. The van der Waals surface area contributed by atoms with E-state index in [-0.39, 0.29) is 17.3 Å². The second-order valence-electron chi connectivity index (χ2n) is 12.4. The van der Waals surface area contributed by atoms with Crippen LogP contribution in [0.2, 0.25) is 0 Å². The van der Waals surface area contributed by atoms with Gasteiger partial charge in [0.15, 0.2) is 0 Å². The van der Waals surface area contributed by atoms with Gasteiger partial charge < -0.3 is 32.3 Å². The van der Waals surface area contributed by atoms with Gasteiger partial charge in [0.05, 0.1) is 17.6 Å². The molecule has 0 aromatic carbocycles. The smallest absolute Gasteiger partial charge is 0.232 e. The Morgan fingerprint density at radius 1 is 0.974 bits per heavy atom. The summed E-state index contributed by atoms with van der Waals surface area (Å²) in [5.41, 5.74) is 15.0. The van der Waals surface area contributed by atoms with Gasteiger partial charge in [-0.3, -0.25) is 14.6 Å². The van der Waals surface area contributed by atoms with E-state index < -0.39 is 12.1 Å². The second kappa shape index (κ2) is 13.1. The number of hydrogen-bond donors (Lipinski definition) is 5. The standard InChI is InChI=1S/C28H51ClN8O/c1-35-13-15-36(16-14-35)21-8-11-37(12-9-21)24-7-10-32-18-23(24)34-28(38)25(27(30)31)26-22-4-2-3-19(22)5-6-20(29)17-33-26/h19-21,23-25,27,32-33H,2-18,30-31H2,1H3,(H,34,38)/b26-22-. The maximum Gasteiger partial charge on any atom is 0.232 e. The molecule has 1 amide bonds. The van der Waals surface area contributed by atoms with Gasteiger partial charge in [-0.15, -0.1) is 11.6 Å². The SMILES string of the molecule is CN1CCN(C2CCN(C3CCNCC3NC(=O)C(/C3=C4\CCCC4CCC(Cl)CN3)C(N)N)CC2)CC1. The molecule has 4 aliphatic heterocycles. The van der Waals surface area contributed by atoms with E-state index >= 15 is 0 Å². The number of hydrogen-bond acceptors (Lipinski definition) is 8. The number of fused-ring (bicyclic) bond motifs is 1. The number of alkyl halides is 1. The summed E-state index contributed by atoms with van der Waals surface area (Å²) in [5, 5.41) is 10.6. The molecule has 216 valence electrons. The van der Waals surface area contributed by atoms with Crippen molar-refractivity contribution >= 4 is 17.5 Å². The number of carbonyl (C=O) groups is 1. The molecule has 3 saturated heterocycles. The first-order valence-corrected chi connectivity index (χ1v) is 15.6. The number of likely N-dealkylation sites (tertiary alicyclic amines) is 1. The lowest BCUT2D eigenvalue weighted by atomic mass is 9.87. The van der Waals surface area contributed by atoms with Crippen molar-refractivity contribution in [3.8, 4) is 0 Å². The average Bonchev–Trinajstić information content (AvgIpc) is 3.37. The predicted octanol–water partition coefficient (Wildman–Crippen LogP) is 0.450. The summed E-state index contributed by atoms with van der Waals surface area (Å²) >= 11 is 6.57. The first-order chi connectivity index (χ1) is 18.4. The van der Waals surface area contributed by atoms with E-state index in [0.29, 0.717) is 24.5 Å². The molecule has 9 nitrogen and oxygen atoms in total. The molecule has 5 rings (SSSR count). The molecule has 5 aliphatic rings. The molecule has 5 atom stereocenters. The molecule has 7 N–H and O–H groups in total. The highest BCUT2D eigenvalue weighted by Gasteiger charge is 2.39. The van der Waals surface area contributed by atoms with E-state index in [1.54, 1.807) is 0 Å². The molecule has 38 heavy (non-hydrogen) atoms. The highest BCUT2D eigenvalue weighted by Crippen LogP contribution is 2.39. The summed E-state index contributed by atoms with van der Waals surface area (Å²) in [7, 11) is 2.22. The van der Waals surface area contributed by atoms with Crippen molar-refractivity contribution in [2.45, 2.75) is 81.0 Å². The molecule has 0 bridgehead atoms. The fraction of sp³-hybridized carbons (Fsp3) is 0.893. The Hall–Kier alpha value is -0.940. The van der Waals surface area contributed by atoms with Crippen molar-refractivity contribution < 1.29 is 4.79 Å². The first kappa shape index (κ1) is 28.6. The summed E-state index contributed by atoms with van der Waals surface area (Å²) < 4.78 is 0. The van der Waals surface area contributed by atoms with E-state index in [2.05, 4.69) is 37.7 Å². The van der Waals surface area contributed by atoms with E-state index in [4.69, 9.17) is 23.1 Å². The van der Waals surface area contributed by atoms with E-state index in [1.165, 1.54) is 44.6 Å². The number of carbonyl (C=O) groups excluding carboxylic acids is 1. The minimum atomic E-state index is -0.756. The van der Waals surface area contributed by atoms with Crippen LogP contribution in [-0.4, -0.2) is 116 Å². The van der Waals surface area contributed by atoms with Gasteiger partial charge in [-0.05, 0) is 76.5 Å². The normalized spacial score (nSPS) is 35.8. The molecule has 4 fully saturated rings. The van der Waals surface area contributed by atoms with Crippen LogP contribution in [0.5, 0.6) is 0 Å². The van der Waals surface area contributed by atoms with Crippen molar-refractivity contribution in [2.24, 2.45) is 23.3 Å². The molecule has 0 aromatic heterocycles. The number of nitrogens with two attached hydrogens (primary N) is 2. The molecule has 10 heteroatoms. The summed E-state index contributed by atoms with van der Waals surface area (Å²) in [6, 6.07) is 1.09. The van der Waals surface area contributed by atoms with Gasteiger partial charge in [0.2, 0.25) is 5.91 Å². The van der Waals surface area contributed by atoms with Crippen molar-refractivity contribution in [2.75, 3.05) is 66.0 Å². The van der Waals surface area contributed by atoms with Gasteiger partial charge in [-0.2, -0.15) is 0 Å². The van der Waals surface area contributed by atoms with Gasteiger partial charge in [0.25, 0.3) is 0 Å². The largest absolute Gasteiger partial charge is 0.386 e. The van der Waals surface area contributed by atoms with Crippen LogP contribution in [0.4, 0.5) is 0 Å². The number of likely N-dealkylation sites (N-methyl/N-ethyl adjacent to an activating group) is 1. The van der Waals surface area contributed by atoms with Crippen LogP contribution in [0.25, 0.3) is 0 Å². The van der Waals surface area contributed by atoms with Gasteiger partial charge in [-0.25, -0.2) is 0 Å². The number of piperidine rings is 2. The average molecular weight is 551 g/mol. The Morgan fingerprint density at radius 2 is 1.74 bits per heavy atom. The summed E-state index contributed by atoms with van der Waals surface area (Å²) in [6.07, 6.45) is 8.15. The lowest BCUT2D eigenvalue weighted by Crippen LogP contribution is -2.63. The second-order valence-corrected chi connectivity index (χ2v) is 13.0. The monoisotopic (exact) mass is 550 g/mol. The Morgan fingerprint density at radius 3 is 2.47 bits per heavy atom. The highest BCUT2D eigenvalue weighted by atomic mass is 35.5. The first-order valence-electron chi connectivity index (χ1n) is 15.2. The Labute approximate surface area is 234 Å². The van der Waals surface area contributed by atoms with Crippen LogP contribution in [0.15, 0.2) is 11.3 Å². The summed E-state index contributed by atoms with van der Waals surface area (Å²) in [6.45, 7) is 9.35. The molecule has 4 heterocycles. The third-order valence-corrected chi connectivity index (χ3v) is 10.3.